The third-order valence-corrected chi connectivity index (χ3v) is 5.31. The average molecular weight is 460 g/mol. The number of carbonyl (C=O) groups is 3. The highest BCUT2D eigenvalue weighted by atomic mass is 35.5. The van der Waals surface area contributed by atoms with Crippen molar-refractivity contribution in [2.24, 2.45) is 0 Å². The van der Waals surface area contributed by atoms with Crippen LogP contribution in [0.15, 0.2) is 60.0 Å². The van der Waals surface area contributed by atoms with Gasteiger partial charge in [-0.1, -0.05) is 35.9 Å². The maximum atomic E-state index is 12.3. The second kappa shape index (κ2) is 10.6. The Balaban J connectivity index is 1.56. The van der Waals surface area contributed by atoms with Gasteiger partial charge in [-0.2, -0.15) is 0 Å². The maximum Gasteiger partial charge on any atom is 0.338 e. The van der Waals surface area contributed by atoms with Gasteiger partial charge >= 0.3 is 5.97 Å². The lowest BCUT2D eigenvalue weighted by Gasteiger charge is -2.13. The Morgan fingerprint density at radius 2 is 1.84 bits per heavy atom. The lowest BCUT2D eigenvalue weighted by Crippen LogP contribution is -2.33. The van der Waals surface area contributed by atoms with Crippen LogP contribution in [0.1, 0.15) is 25.6 Å². The van der Waals surface area contributed by atoms with Gasteiger partial charge in [0.2, 0.25) is 0 Å². The first kappa shape index (κ1) is 22.3. The molecule has 0 aliphatic carbocycles. The molecule has 2 aromatic carbocycles. The number of nitrogens with one attached hydrogen (secondary N) is 1. The van der Waals surface area contributed by atoms with E-state index >= 15 is 0 Å². The molecule has 0 aliphatic rings. The molecule has 1 heterocycles. The third kappa shape index (κ3) is 6.07. The molecule has 2 amide bonds. The summed E-state index contributed by atoms with van der Waals surface area (Å²) < 4.78 is 16.0. The maximum absolute atomic E-state index is 12.3. The summed E-state index contributed by atoms with van der Waals surface area (Å²) in [6.07, 6.45) is 0. The second-order valence-electron chi connectivity index (χ2n) is 6.18. The highest BCUT2D eigenvalue weighted by molar-refractivity contribution is 7.12. The van der Waals surface area contributed by atoms with Crippen LogP contribution in [-0.4, -0.2) is 31.5 Å². The van der Waals surface area contributed by atoms with E-state index in [1.54, 1.807) is 29.6 Å². The molecule has 160 valence electrons. The normalized spacial score (nSPS) is 10.3. The van der Waals surface area contributed by atoms with Crippen molar-refractivity contribution in [3.63, 3.8) is 0 Å². The molecule has 0 unspecified atom stereocenters. The molecule has 1 aromatic heterocycles. The van der Waals surface area contributed by atoms with Crippen molar-refractivity contribution in [3.05, 3.63) is 81.0 Å². The number of ether oxygens (including phenoxy) is 3. The Hall–Kier alpha value is -3.36. The molecule has 0 fully saturated rings. The molecule has 0 saturated carbocycles. The first-order valence-corrected chi connectivity index (χ1v) is 10.3. The van der Waals surface area contributed by atoms with Gasteiger partial charge in [0.1, 0.15) is 6.61 Å². The van der Waals surface area contributed by atoms with Gasteiger partial charge in [-0.05, 0) is 35.7 Å². The van der Waals surface area contributed by atoms with Gasteiger partial charge in [0.25, 0.3) is 11.8 Å². The summed E-state index contributed by atoms with van der Waals surface area (Å²) in [5.41, 5.74) is 0.970. The fourth-order valence-electron chi connectivity index (χ4n) is 2.53. The lowest BCUT2D eigenvalue weighted by molar-refractivity contribution is -0.123. The lowest BCUT2D eigenvalue weighted by atomic mass is 10.2. The monoisotopic (exact) mass is 459 g/mol. The van der Waals surface area contributed by atoms with Gasteiger partial charge < -0.3 is 14.2 Å². The Labute approximate surface area is 187 Å². The van der Waals surface area contributed by atoms with Crippen LogP contribution in [0.5, 0.6) is 11.5 Å². The number of hydrogen-bond donors (Lipinski definition) is 1. The van der Waals surface area contributed by atoms with Crippen LogP contribution in [-0.2, 0) is 16.1 Å². The van der Waals surface area contributed by atoms with E-state index in [0.717, 1.165) is 5.56 Å². The molecular formula is C22H18ClNO6S. The average Bonchev–Trinajstić information content (AvgIpc) is 3.32. The quantitative estimate of drug-likeness (QED) is 0.510. The van der Waals surface area contributed by atoms with Crippen LogP contribution in [0.3, 0.4) is 0 Å². The largest absolute Gasteiger partial charge is 0.493 e. The van der Waals surface area contributed by atoms with E-state index in [2.05, 4.69) is 5.32 Å². The number of imide groups is 1. The fourth-order valence-corrected chi connectivity index (χ4v) is 3.34. The van der Waals surface area contributed by atoms with E-state index in [1.165, 1.54) is 30.6 Å². The predicted molar refractivity (Wildman–Crippen MR) is 116 cm³/mol. The number of rotatable bonds is 8. The van der Waals surface area contributed by atoms with E-state index in [1.807, 2.05) is 18.2 Å². The summed E-state index contributed by atoms with van der Waals surface area (Å²) in [6, 6.07) is 15.1. The summed E-state index contributed by atoms with van der Waals surface area (Å²) in [4.78, 5) is 36.3. The van der Waals surface area contributed by atoms with E-state index in [9.17, 15) is 14.4 Å². The zero-order chi connectivity index (χ0) is 22.2. The van der Waals surface area contributed by atoms with Crippen LogP contribution in [0, 0.1) is 0 Å². The number of esters is 1. The topological polar surface area (TPSA) is 90.9 Å². The molecule has 3 aromatic rings. The Kier molecular flexibility index (Phi) is 7.64. The summed E-state index contributed by atoms with van der Waals surface area (Å²) in [5.74, 6) is -1.28. The molecule has 31 heavy (non-hydrogen) atoms. The molecule has 1 N–H and O–H groups in total. The second-order valence-corrected chi connectivity index (χ2v) is 7.53. The zero-order valence-corrected chi connectivity index (χ0v) is 18.0. The fraction of sp³-hybridized carbons (Fsp3) is 0.136. The third-order valence-electron chi connectivity index (χ3n) is 4.07. The summed E-state index contributed by atoms with van der Waals surface area (Å²) in [7, 11) is 1.44. The van der Waals surface area contributed by atoms with E-state index in [-0.39, 0.29) is 12.2 Å². The van der Waals surface area contributed by atoms with Gasteiger partial charge in [-0.25, -0.2) is 4.79 Å². The van der Waals surface area contributed by atoms with Crippen molar-refractivity contribution in [2.75, 3.05) is 13.7 Å². The van der Waals surface area contributed by atoms with Crippen molar-refractivity contribution in [3.8, 4) is 11.5 Å². The zero-order valence-electron chi connectivity index (χ0n) is 16.4. The van der Waals surface area contributed by atoms with Crippen LogP contribution < -0.4 is 14.8 Å². The number of thiophene rings is 1. The molecule has 0 spiro atoms. The first-order valence-electron chi connectivity index (χ1n) is 9.07. The van der Waals surface area contributed by atoms with Gasteiger partial charge in [0.05, 0.1) is 17.6 Å². The van der Waals surface area contributed by atoms with Crippen molar-refractivity contribution >= 4 is 40.7 Å². The smallest absolute Gasteiger partial charge is 0.338 e. The highest BCUT2D eigenvalue weighted by Gasteiger charge is 2.16. The number of amides is 2. The van der Waals surface area contributed by atoms with E-state index in [0.29, 0.717) is 21.4 Å². The van der Waals surface area contributed by atoms with E-state index in [4.69, 9.17) is 25.8 Å². The van der Waals surface area contributed by atoms with Crippen molar-refractivity contribution in [1.29, 1.82) is 0 Å². The van der Waals surface area contributed by atoms with Gasteiger partial charge in [0.15, 0.2) is 18.1 Å². The first-order chi connectivity index (χ1) is 15.0. The van der Waals surface area contributed by atoms with Crippen molar-refractivity contribution < 1.29 is 28.6 Å². The van der Waals surface area contributed by atoms with Crippen molar-refractivity contribution in [1.82, 2.24) is 5.32 Å². The Morgan fingerprint density at radius 1 is 1.03 bits per heavy atom. The molecule has 9 heteroatoms. The van der Waals surface area contributed by atoms with Gasteiger partial charge in [-0.3, -0.25) is 14.9 Å². The number of benzene rings is 2. The molecule has 0 saturated heterocycles. The number of methoxy groups -OCH3 is 1. The highest BCUT2D eigenvalue weighted by Crippen LogP contribution is 2.30. The molecule has 0 radical (unpaired) electrons. The molecule has 0 aliphatic heterocycles. The Morgan fingerprint density at radius 3 is 2.55 bits per heavy atom. The van der Waals surface area contributed by atoms with Crippen LogP contribution >= 0.6 is 22.9 Å². The molecule has 0 atom stereocenters. The summed E-state index contributed by atoms with van der Waals surface area (Å²) in [5, 5.41) is 4.46. The standard InChI is InChI=1S/C22H18ClNO6S/c1-28-18-11-14(8-9-17(18)29-12-15-5-2-3-6-16(15)23)22(27)30-13-20(25)24-21(26)19-7-4-10-31-19/h2-11H,12-13H2,1H3,(H,24,25,26). The van der Waals surface area contributed by atoms with Crippen LogP contribution in [0.2, 0.25) is 5.02 Å². The van der Waals surface area contributed by atoms with Crippen LogP contribution in [0.4, 0.5) is 0 Å². The van der Waals surface area contributed by atoms with Crippen molar-refractivity contribution in [2.45, 2.75) is 6.61 Å². The minimum absolute atomic E-state index is 0.166. The number of hydrogen-bond acceptors (Lipinski definition) is 7. The molecule has 7 nitrogen and oxygen atoms in total. The number of carbonyl (C=O) groups excluding carboxylic acids is 3. The number of halogens is 1. The van der Waals surface area contributed by atoms with Crippen LogP contribution in [0.25, 0.3) is 0 Å². The molecule has 0 bridgehead atoms. The van der Waals surface area contributed by atoms with E-state index < -0.39 is 24.4 Å². The minimum atomic E-state index is -0.741. The minimum Gasteiger partial charge on any atom is -0.493 e. The SMILES string of the molecule is COc1cc(C(=O)OCC(=O)NC(=O)c2cccs2)ccc1OCc1ccccc1Cl. The van der Waals surface area contributed by atoms with Gasteiger partial charge in [-0.15, -0.1) is 11.3 Å². The Bertz CT molecular complexity index is 1080. The molecular weight excluding hydrogens is 442 g/mol. The summed E-state index contributed by atoms with van der Waals surface area (Å²) >= 11 is 7.32. The molecule has 3 rings (SSSR count). The van der Waals surface area contributed by atoms with Gasteiger partial charge in [0, 0.05) is 10.6 Å². The predicted octanol–water partition coefficient (Wildman–Crippen LogP) is 4.10. The summed E-state index contributed by atoms with van der Waals surface area (Å²) in [6.45, 7) is -0.374.